The van der Waals surface area contributed by atoms with E-state index in [9.17, 15) is 9.90 Å². The number of alkyl halides is 1. The van der Waals surface area contributed by atoms with E-state index in [0.29, 0.717) is 38.3 Å². The number of hydrogen-bond donors (Lipinski definition) is 1. The van der Waals surface area contributed by atoms with Gasteiger partial charge < -0.3 is 0 Å². The van der Waals surface area contributed by atoms with Gasteiger partial charge in [-0.2, -0.15) is 0 Å². The zero-order chi connectivity index (χ0) is 22.0. The van der Waals surface area contributed by atoms with Gasteiger partial charge in [-0.05, 0) is 0 Å². The number of carbonyl (C=O) groups is 1. The molecule has 4 nitrogen and oxygen atoms in total. The van der Waals surface area contributed by atoms with Crippen molar-refractivity contribution in [1.29, 1.82) is 0 Å². The molecule has 3 aromatic rings. The number of aliphatic hydroxyl groups excluding tert-OH is 1. The Morgan fingerprint density at radius 2 is 1.58 bits per heavy atom. The van der Waals surface area contributed by atoms with Crippen LogP contribution in [0.25, 0.3) is 0 Å². The summed E-state index contributed by atoms with van der Waals surface area (Å²) in [6.07, 6.45) is -1.17. The summed E-state index contributed by atoms with van der Waals surface area (Å²) in [6.45, 7) is 1.13. The monoisotopic (exact) mass is 588 g/mol. The molecule has 1 atom stereocenters. The molecular weight excluding hydrogens is 570 g/mol. The molecule has 1 aliphatic heterocycles. The molecular formula is C23H20Cl3IN2O2. The fraction of sp³-hybridized carbons (Fsp3) is 0.174. The van der Waals surface area contributed by atoms with Gasteiger partial charge in [0, 0.05) is 0 Å². The predicted octanol–water partition coefficient (Wildman–Crippen LogP) is 6.28. The summed E-state index contributed by atoms with van der Waals surface area (Å²) in [5, 5.41) is 12.5. The van der Waals surface area contributed by atoms with E-state index in [0.717, 1.165) is 9.26 Å². The first-order valence-electron chi connectivity index (χ1n) is 9.60. The molecule has 0 bridgehead atoms. The summed E-state index contributed by atoms with van der Waals surface area (Å²) in [5.74, 6) is -0.274. The fourth-order valence-corrected chi connectivity index (χ4v) is 10.1. The quantitative estimate of drug-likeness (QED) is 0.169. The Morgan fingerprint density at radius 1 is 0.903 bits per heavy atom. The molecule has 0 radical (unpaired) electrons. The van der Waals surface area contributed by atoms with Crippen LogP contribution in [0.3, 0.4) is 0 Å². The Labute approximate surface area is 204 Å². The Morgan fingerprint density at radius 3 is 2.26 bits per heavy atom. The molecule has 0 spiro atoms. The maximum atomic E-state index is 13.1. The van der Waals surface area contributed by atoms with Crippen LogP contribution >= 0.6 is 54.9 Å². The van der Waals surface area contributed by atoms with Crippen LogP contribution in [0.5, 0.6) is 0 Å². The fourth-order valence-electron chi connectivity index (χ4n) is 3.36. The number of halogens is 4. The number of aliphatic hydroxyl groups is 1. The van der Waals surface area contributed by atoms with Gasteiger partial charge in [-0.25, -0.2) is 0 Å². The molecule has 8 heteroatoms. The number of benzene rings is 3. The average molecular weight is 590 g/mol. The zero-order valence-corrected chi connectivity index (χ0v) is 20.8. The Kier molecular flexibility index (Phi) is 7.29. The van der Waals surface area contributed by atoms with Crippen LogP contribution in [0, 0.1) is 3.57 Å². The SMILES string of the molecule is O=C([C@@H](O)c1ccccc1)N1CCN(c2ccc(Cl)cc2Cl)I(c2ccc(Cl)cc2)C1. The van der Waals surface area contributed by atoms with Gasteiger partial charge in [0.1, 0.15) is 0 Å². The van der Waals surface area contributed by atoms with E-state index in [2.05, 4.69) is 3.11 Å². The van der Waals surface area contributed by atoms with E-state index in [1.165, 1.54) is 0 Å². The molecule has 0 unspecified atom stereocenters. The summed E-state index contributed by atoms with van der Waals surface area (Å²) in [4.78, 5) is 14.9. The van der Waals surface area contributed by atoms with E-state index in [4.69, 9.17) is 34.8 Å². The predicted molar refractivity (Wildman–Crippen MR) is 136 cm³/mol. The summed E-state index contributed by atoms with van der Waals surface area (Å²) in [7, 11) is 0. The van der Waals surface area contributed by atoms with Crippen LogP contribution in [-0.2, 0) is 4.79 Å². The topological polar surface area (TPSA) is 43.8 Å². The van der Waals surface area contributed by atoms with Crippen LogP contribution in [0.1, 0.15) is 11.7 Å². The molecule has 0 aliphatic carbocycles. The molecule has 4 rings (SSSR count). The van der Waals surface area contributed by atoms with Crippen molar-refractivity contribution in [3.63, 3.8) is 0 Å². The van der Waals surface area contributed by atoms with Crippen molar-refractivity contribution >= 4 is 66.5 Å². The van der Waals surface area contributed by atoms with Gasteiger partial charge in [-0.1, -0.05) is 0 Å². The van der Waals surface area contributed by atoms with Gasteiger partial charge >= 0.3 is 205 Å². The Balaban J connectivity index is 1.64. The van der Waals surface area contributed by atoms with Crippen molar-refractivity contribution in [2.24, 2.45) is 0 Å². The summed E-state index contributed by atoms with van der Waals surface area (Å²) >= 11 is 16.6. The second kappa shape index (κ2) is 9.96. The second-order valence-corrected chi connectivity index (χ2v) is 13.3. The molecule has 31 heavy (non-hydrogen) atoms. The van der Waals surface area contributed by atoms with E-state index in [-0.39, 0.29) is 5.91 Å². The van der Waals surface area contributed by atoms with Crippen LogP contribution in [-0.4, -0.2) is 33.6 Å². The number of nitrogens with zero attached hydrogens (tertiary/aromatic N) is 2. The molecule has 1 aliphatic rings. The van der Waals surface area contributed by atoms with Crippen molar-refractivity contribution in [2.75, 3.05) is 20.8 Å². The van der Waals surface area contributed by atoms with Gasteiger partial charge in [-0.3, -0.25) is 0 Å². The average Bonchev–Trinajstić information content (AvgIpc) is 2.79. The van der Waals surface area contributed by atoms with Crippen molar-refractivity contribution < 1.29 is 9.90 Å². The van der Waals surface area contributed by atoms with Crippen LogP contribution in [0.2, 0.25) is 15.1 Å². The standard InChI is InChI=1S/C23H20Cl3IN2O2/c24-17-6-9-19(10-7-17)27-15-28(23(31)22(30)16-4-2-1-3-5-16)12-13-29(27)21-11-8-18(25)14-20(21)26/h1-11,14,22,30H,12-13,15H2/t22-/m0/s1. The summed E-state index contributed by atoms with van der Waals surface area (Å²) in [5.41, 5.74) is 1.52. The van der Waals surface area contributed by atoms with Crippen molar-refractivity contribution in [2.45, 2.75) is 6.10 Å². The number of amides is 1. The molecule has 162 valence electrons. The third kappa shape index (κ3) is 5.12. The van der Waals surface area contributed by atoms with E-state index < -0.39 is 26.2 Å². The van der Waals surface area contributed by atoms with Crippen LogP contribution in [0.4, 0.5) is 5.69 Å². The molecule has 0 aromatic heterocycles. The molecule has 1 amide bonds. The number of rotatable bonds is 4. The molecule has 1 fully saturated rings. The van der Waals surface area contributed by atoms with Crippen molar-refractivity contribution in [3.8, 4) is 0 Å². The molecule has 3 aromatic carbocycles. The zero-order valence-electron chi connectivity index (χ0n) is 16.4. The minimum atomic E-state index is -2.12. The van der Waals surface area contributed by atoms with Crippen LogP contribution in [0.15, 0.2) is 72.8 Å². The van der Waals surface area contributed by atoms with Gasteiger partial charge in [-0.15, -0.1) is 0 Å². The van der Waals surface area contributed by atoms with E-state index in [1.54, 1.807) is 23.1 Å². The maximum absolute atomic E-state index is 13.1. The molecule has 1 saturated heterocycles. The van der Waals surface area contributed by atoms with Gasteiger partial charge in [0.15, 0.2) is 0 Å². The summed E-state index contributed by atoms with van der Waals surface area (Å²) < 4.78 is 4.05. The number of carbonyl (C=O) groups excluding carboxylic acids is 1. The minimum absolute atomic E-state index is 0.274. The van der Waals surface area contributed by atoms with Gasteiger partial charge in [0.25, 0.3) is 0 Å². The first-order valence-corrected chi connectivity index (χ1v) is 14.3. The first-order chi connectivity index (χ1) is 14.9. The summed E-state index contributed by atoms with van der Waals surface area (Å²) in [6, 6.07) is 22.3. The van der Waals surface area contributed by atoms with Crippen LogP contribution < -0.4 is 3.11 Å². The van der Waals surface area contributed by atoms with Gasteiger partial charge in [0.2, 0.25) is 0 Å². The second-order valence-electron chi connectivity index (χ2n) is 6.99. The molecule has 1 heterocycles. The molecule has 0 saturated carbocycles. The molecule has 1 N–H and O–H groups in total. The Hall–Kier alpha value is -1.51. The van der Waals surface area contributed by atoms with Gasteiger partial charge in [0.05, 0.1) is 0 Å². The normalized spacial score (nSPS) is 16.3. The van der Waals surface area contributed by atoms with E-state index in [1.807, 2.05) is 54.6 Å². The number of anilines is 1. The Bertz CT molecular complexity index is 1070. The third-order valence-electron chi connectivity index (χ3n) is 4.96. The van der Waals surface area contributed by atoms with Crippen molar-refractivity contribution in [3.05, 3.63) is 97.0 Å². The first kappa shape index (κ1) is 22.7. The van der Waals surface area contributed by atoms with E-state index >= 15 is 0 Å². The third-order valence-corrected chi connectivity index (χ3v) is 11.8. The number of hydrogen-bond acceptors (Lipinski definition) is 3. The van der Waals surface area contributed by atoms with Crippen molar-refractivity contribution in [1.82, 2.24) is 4.90 Å².